The molecule has 2 rings (SSSR count). The first-order valence-corrected chi connectivity index (χ1v) is 9.84. The predicted molar refractivity (Wildman–Crippen MR) is 101 cm³/mol. The Morgan fingerprint density at radius 2 is 1.65 bits per heavy atom. The smallest absolute Gasteiger partial charge is 0.250 e. The number of nitrogens with zero attached hydrogens (tertiary/aromatic N) is 1. The Balaban J connectivity index is 2.40. The lowest BCUT2D eigenvalue weighted by Gasteiger charge is -2.30. The fraction of sp³-hybridized carbons (Fsp3) is 0.222. The van der Waals surface area contributed by atoms with E-state index in [-0.39, 0.29) is 17.7 Å². The van der Waals surface area contributed by atoms with E-state index in [1.165, 1.54) is 12.1 Å². The van der Waals surface area contributed by atoms with Crippen LogP contribution in [0.4, 0.5) is 11.4 Å². The molecule has 1 atom stereocenters. The zero-order chi connectivity index (χ0) is 19.3. The molecule has 0 saturated carbocycles. The van der Waals surface area contributed by atoms with Gasteiger partial charge in [0.25, 0.3) is 5.91 Å². The number of carbonyl (C=O) groups excluding carboxylic acids is 2. The third-order valence-electron chi connectivity index (χ3n) is 3.79. The molecule has 0 bridgehead atoms. The number of hydrogen-bond donors (Lipinski definition) is 2. The molecule has 0 aliphatic heterocycles. The van der Waals surface area contributed by atoms with Gasteiger partial charge in [-0.3, -0.25) is 13.9 Å². The fourth-order valence-electron chi connectivity index (χ4n) is 2.66. The SMILES string of the molecule is CC[C@H](C(=O)Nc1ccccc1C(N)=O)N(c1ccccc1)S(C)(=O)=O. The molecule has 3 N–H and O–H groups in total. The number of primary amides is 1. The highest BCUT2D eigenvalue weighted by atomic mass is 32.2. The fourth-order valence-corrected chi connectivity index (χ4v) is 3.87. The molecule has 0 aliphatic rings. The summed E-state index contributed by atoms with van der Waals surface area (Å²) in [6, 6.07) is 13.7. The van der Waals surface area contributed by atoms with E-state index in [2.05, 4.69) is 5.32 Å². The predicted octanol–water partition coefficient (Wildman–Crippen LogP) is 1.97. The third-order valence-corrected chi connectivity index (χ3v) is 4.97. The number of carbonyl (C=O) groups is 2. The van der Waals surface area contributed by atoms with E-state index in [0.29, 0.717) is 5.69 Å². The van der Waals surface area contributed by atoms with Gasteiger partial charge in [-0.1, -0.05) is 37.3 Å². The summed E-state index contributed by atoms with van der Waals surface area (Å²) >= 11 is 0. The summed E-state index contributed by atoms with van der Waals surface area (Å²) in [5.41, 5.74) is 6.11. The molecule has 2 aromatic carbocycles. The molecule has 8 heteroatoms. The van der Waals surface area contributed by atoms with Gasteiger partial charge in [-0.2, -0.15) is 0 Å². The van der Waals surface area contributed by atoms with Gasteiger partial charge in [0, 0.05) is 0 Å². The summed E-state index contributed by atoms with van der Waals surface area (Å²) in [5, 5.41) is 2.62. The van der Waals surface area contributed by atoms with Crippen molar-refractivity contribution in [2.45, 2.75) is 19.4 Å². The van der Waals surface area contributed by atoms with Gasteiger partial charge >= 0.3 is 0 Å². The lowest BCUT2D eigenvalue weighted by atomic mass is 10.1. The van der Waals surface area contributed by atoms with Gasteiger partial charge in [-0.25, -0.2) is 8.42 Å². The summed E-state index contributed by atoms with van der Waals surface area (Å²) < 4.78 is 25.8. The van der Waals surface area contributed by atoms with Crippen molar-refractivity contribution in [2.24, 2.45) is 5.73 Å². The maximum absolute atomic E-state index is 12.8. The van der Waals surface area contributed by atoms with Crippen molar-refractivity contribution in [3.63, 3.8) is 0 Å². The Bertz CT molecular complexity index is 898. The van der Waals surface area contributed by atoms with Crippen molar-refractivity contribution in [2.75, 3.05) is 15.9 Å². The van der Waals surface area contributed by atoms with E-state index in [0.717, 1.165) is 10.6 Å². The third kappa shape index (κ3) is 4.40. The Hall–Kier alpha value is -2.87. The number of benzene rings is 2. The molecule has 0 saturated heterocycles. The average Bonchev–Trinajstić information content (AvgIpc) is 2.59. The van der Waals surface area contributed by atoms with Crippen molar-refractivity contribution in [3.05, 3.63) is 60.2 Å². The van der Waals surface area contributed by atoms with Crippen LogP contribution in [0.5, 0.6) is 0 Å². The van der Waals surface area contributed by atoms with Gasteiger partial charge in [0.2, 0.25) is 15.9 Å². The quantitative estimate of drug-likeness (QED) is 0.771. The zero-order valence-corrected chi connectivity index (χ0v) is 15.4. The summed E-state index contributed by atoms with van der Waals surface area (Å²) in [4.78, 5) is 24.3. The second-order valence-electron chi connectivity index (χ2n) is 5.72. The summed E-state index contributed by atoms with van der Waals surface area (Å²) in [6.45, 7) is 1.71. The molecule has 0 aliphatic carbocycles. The van der Waals surface area contributed by atoms with Crippen molar-refractivity contribution < 1.29 is 18.0 Å². The summed E-state index contributed by atoms with van der Waals surface area (Å²) in [5.74, 6) is -1.23. The first-order chi connectivity index (χ1) is 12.3. The van der Waals surface area contributed by atoms with Gasteiger partial charge in [0.1, 0.15) is 6.04 Å². The maximum Gasteiger partial charge on any atom is 0.250 e. The standard InChI is InChI=1S/C18H21N3O4S/c1-3-16(21(26(2,24)25)13-9-5-4-6-10-13)18(23)20-15-12-8-7-11-14(15)17(19)22/h4-12,16H,3H2,1-2H3,(H2,19,22)(H,20,23)/t16-/m1/s1. The molecular weight excluding hydrogens is 354 g/mol. The number of hydrogen-bond acceptors (Lipinski definition) is 4. The Morgan fingerprint density at radius 1 is 1.08 bits per heavy atom. The number of amides is 2. The minimum Gasteiger partial charge on any atom is -0.366 e. The van der Waals surface area contributed by atoms with E-state index in [1.54, 1.807) is 49.4 Å². The number of nitrogens with one attached hydrogen (secondary N) is 1. The zero-order valence-electron chi connectivity index (χ0n) is 14.5. The lowest BCUT2D eigenvalue weighted by molar-refractivity contribution is -0.117. The van der Waals surface area contributed by atoms with Crippen LogP contribution in [-0.2, 0) is 14.8 Å². The second-order valence-corrected chi connectivity index (χ2v) is 7.58. The van der Waals surface area contributed by atoms with Crippen molar-refractivity contribution in [1.29, 1.82) is 0 Å². The molecule has 2 amide bonds. The molecule has 0 fully saturated rings. The highest BCUT2D eigenvalue weighted by Gasteiger charge is 2.31. The van der Waals surface area contributed by atoms with Crippen LogP contribution in [-0.4, -0.2) is 32.5 Å². The Labute approximate surface area is 152 Å². The van der Waals surface area contributed by atoms with Gasteiger partial charge in [-0.15, -0.1) is 0 Å². The van der Waals surface area contributed by atoms with Crippen LogP contribution in [0.1, 0.15) is 23.7 Å². The molecule has 0 radical (unpaired) electrons. The van der Waals surface area contributed by atoms with Crippen LogP contribution in [0.3, 0.4) is 0 Å². The monoisotopic (exact) mass is 375 g/mol. The van der Waals surface area contributed by atoms with Gasteiger partial charge in [0.05, 0.1) is 23.2 Å². The average molecular weight is 375 g/mol. The maximum atomic E-state index is 12.8. The van der Waals surface area contributed by atoms with Crippen LogP contribution in [0, 0.1) is 0 Å². The second kappa shape index (κ2) is 8.01. The first-order valence-electron chi connectivity index (χ1n) is 7.99. The van der Waals surface area contributed by atoms with Gasteiger partial charge in [-0.05, 0) is 30.7 Å². The van der Waals surface area contributed by atoms with Crippen molar-refractivity contribution in [1.82, 2.24) is 0 Å². The molecule has 0 heterocycles. The molecule has 0 aromatic heterocycles. The van der Waals surface area contributed by atoms with Crippen molar-refractivity contribution >= 4 is 33.2 Å². The first kappa shape index (κ1) is 19.5. The normalized spacial score (nSPS) is 12.2. The molecule has 7 nitrogen and oxygen atoms in total. The lowest BCUT2D eigenvalue weighted by Crippen LogP contribution is -2.47. The van der Waals surface area contributed by atoms with E-state index in [1.807, 2.05) is 0 Å². The summed E-state index contributed by atoms with van der Waals surface area (Å²) in [7, 11) is -3.71. The molecule has 26 heavy (non-hydrogen) atoms. The van der Waals surface area contributed by atoms with E-state index >= 15 is 0 Å². The number of para-hydroxylation sites is 2. The minimum absolute atomic E-state index is 0.154. The van der Waals surface area contributed by atoms with Crippen LogP contribution in [0.15, 0.2) is 54.6 Å². The van der Waals surface area contributed by atoms with Gasteiger partial charge < -0.3 is 11.1 Å². The van der Waals surface area contributed by atoms with Crippen LogP contribution >= 0.6 is 0 Å². The van der Waals surface area contributed by atoms with Crippen LogP contribution in [0.2, 0.25) is 0 Å². The largest absolute Gasteiger partial charge is 0.366 e. The summed E-state index contributed by atoms with van der Waals surface area (Å²) in [6.07, 6.45) is 1.29. The highest BCUT2D eigenvalue weighted by Crippen LogP contribution is 2.23. The van der Waals surface area contributed by atoms with Crippen LogP contribution in [0.25, 0.3) is 0 Å². The molecular formula is C18H21N3O4S. The topological polar surface area (TPSA) is 110 Å². The van der Waals surface area contributed by atoms with Gasteiger partial charge in [0.15, 0.2) is 0 Å². The number of nitrogens with two attached hydrogens (primary N) is 1. The Kier molecular flexibility index (Phi) is 5.99. The van der Waals surface area contributed by atoms with Crippen molar-refractivity contribution in [3.8, 4) is 0 Å². The highest BCUT2D eigenvalue weighted by molar-refractivity contribution is 7.92. The molecule has 138 valence electrons. The molecule has 0 unspecified atom stereocenters. The molecule has 0 spiro atoms. The number of sulfonamides is 1. The van der Waals surface area contributed by atoms with E-state index in [4.69, 9.17) is 5.73 Å². The number of rotatable bonds is 7. The van der Waals surface area contributed by atoms with E-state index < -0.39 is 27.9 Å². The van der Waals surface area contributed by atoms with Crippen LogP contribution < -0.4 is 15.4 Å². The van der Waals surface area contributed by atoms with E-state index in [9.17, 15) is 18.0 Å². The Morgan fingerprint density at radius 3 is 2.19 bits per heavy atom. The number of anilines is 2. The molecule has 2 aromatic rings. The minimum atomic E-state index is -3.71.